The molecule has 0 unspecified atom stereocenters. The van der Waals surface area contributed by atoms with Crippen LogP contribution in [0.25, 0.3) is 0 Å². The van der Waals surface area contributed by atoms with Crippen LogP contribution in [0.4, 0.5) is 8.78 Å². The van der Waals surface area contributed by atoms with E-state index in [4.69, 9.17) is 0 Å². The van der Waals surface area contributed by atoms with Gasteiger partial charge in [0.15, 0.2) is 5.96 Å². The molecule has 0 amide bonds. The largest absolute Gasteiger partial charge is 0.356 e. The van der Waals surface area contributed by atoms with Gasteiger partial charge >= 0.3 is 0 Å². The van der Waals surface area contributed by atoms with Crippen LogP contribution in [0.5, 0.6) is 0 Å². The third kappa shape index (κ3) is 7.62. The molecule has 1 rings (SSSR count). The summed E-state index contributed by atoms with van der Waals surface area (Å²) >= 11 is 0. The van der Waals surface area contributed by atoms with Crippen molar-refractivity contribution >= 4 is 29.9 Å². The summed E-state index contributed by atoms with van der Waals surface area (Å²) in [7, 11) is 1.68. The molecule has 0 saturated heterocycles. The summed E-state index contributed by atoms with van der Waals surface area (Å²) in [6.07, 6.45) is 0.527. The van der Waals surface area contributed by atoms with Crippen LogP contribution < -0.4 is 10.6 Å². The molecule has 0 radical (unpaired) electrons. The Morgan fingerprint density at radius 3 is 2.15 bits per heavy atom. The Kier molecular flexibility index (Phi) is 8.00. The third-order valence-electron chi connectivity index (χ3n) is 2.35. The Morgan fingerprint density at radius 2 is 1.70 bits per heavy atom. The molecule has 0 bridgehead atoms. The predicted octanol–water partition coefficient (Wildman–Crippen LogP) is 3.09. The zero-order chi connectivity index (χ0) is 14.5. The molecule has 0 fully saturated rings. The Bertz CT molecular complexity index is 436. The summed E-state index contributed by atoms with van der Waals surface area (Å²) in [4.78, 5) is 4.09. The lowest BCUT2D eigenvalue weighted by Crippen LogP contribution is -2.48. The highest BCUT2D eigenvalue weighted by Crippen LogP contribution is 2.08. The molecule has 0 heterocycles. The van der Waals surface area contributed by atoms with Gasteiger partial charge in [0.1, 0.15) is 11.6 Å². The first-order valence-corrected chi connectivity index (χ1v) is 6.24. The molecule has 114 valence electrons. The van der Waals surface area contributed by atoms with Crippen molar-refractivity contribution in [1.29, 1.82) is 0 Å². The van der Waals surface area contributed by atoms with Crippen molar-refractivity contribution in [2.24, 2.45) is 4.99 Å². The van der Waals surface area contributed by atoms with Gasteiger partial charge in [-0.25, -0.2) is 8.78 Å². The molecule has 0 aromatic heterocycles. The summed E-state index contributed by atoms with van der Waals surface area (Å²) in [6.45, 7) is 6.64. The van der Waals surface area contributed by atoms with Gasteiger partial charge in [0.05, 0.1) is 0 Å². The second-order valence-electron chi connectivity index (χ2n) is 5.40. The first kappa shape index (κ1) is 19.1. The quantitative estimate of drug-likeness (QED) is 0.467. The average molecular weight is 397 g/mol. The van der Waals surface area contributed by atoms with E-state index in [-0.39, 0.29) is 29.5 Å². The van der Waals surface area contributed by atoms with Crippen LogP contribution in [-0.4, -0.2) is 25.1 Å². The summed E-state index contributed by atoms with van der Waals surface area (Å²) < 4.78 is 26.0. The van der Waals surface area contributed by atoms with Crippen molar-refractivity contribution in [2.45, 2.75) is 32.7 Å². The molecule has 0 aliphatic carbocycles. The number of halogens is 3. The summed E-state index contributed by atoms with van der Waals surface area (Å²) in [5.41, 5.74) is 0.531. The molecule has 6 heteroatoms. The van der Waals surface area contributed by atoms with Gasteiger partial charge in [0.2, 0.25) is 0 Å². The first-order valence-electron chi connectivity index (χ1n) is 6.24. The van der Waals surface area contributed by atoms with E-state index in [0.29, 0.717) is 24.5 Å². The fourth-order valence-corrected chi connectivity index (χ4v) is 1.61. The van der Waals surface area contributed by atoms with Crippen molar-refractivity contribution in [2.75, 3.05) is 13.6 Å². The van der Waals surface area contributed by atoms with Crippen molar-refractivity contribution in [1.82, 2.24) is 10.6 Å². The maximum absolute atomic E-state index is 13.0. The second kappa shape index (κ2) is 8.39. The molecule has 20 heavy (non-hydrogen) atoms. The van der Waals surface area contributed by atoms with Gasteiger partial charge in [0.25, 0.3) is 0 Å². The van der Waals surface area contributed by atoms with Crippen molar-refractivity contribution in [3.63, 3.8) is 0 Å². The van der Waals surface area contributed by atoms with Crippen LogP contribution in [0.15, 0.2) is 23.2 Å². The maximum atomic E-state index is 13.0. The molecule has 0 aliphatic rings. The number of nitrogens with one attached hydrogen (secondary N) is 2. The Hall–Kier alpha value is -0.920. The first-order chi connectivity index (χ1) is 8.80. The van der Waals surface area contributed by atoms with Gasteiger partial charge in [-0.15, -0.1) is 24.0 Å². The van der Waals surface area contributed by atoms with Crippen molar-refractivity contribution in [3.05, 3.63) is 35.4 Å². The predicted molar refractivity (Wildman–Crippen MR) is 89.7 cm³/mol. The van der Waals surface area contributed by atoms with E-state index in [1.807, 2.05) is 20.8 Å². The normalized spacial score (nSPS) is 11.8. The van der Waals surface area contributed by atoms with E-state index in [9.17, 15) is 8.78 Å². The highest BCUT2D eigenvalue weighted by Gasteiger charge is 2.11. The fourth-order valence-electron chi connectivity index (χ4n) is 1.61. The van der Waals surface area contributed by atoms with Crippen LogP contribution in [0, 0.1) is 11.6 Å². The van der Waals surface area contributed by atoms with Gasteiger partial charge in [-0.3, -0.25) is 4.99 Å². The zero-order valence-electron chi connectivity index (χ0n) is 12.3. The van der Waals surface area contributed by atoms with Gasteiger partial charge in [0, 0.05) is 25.2 Å². The number of benzene rings is 1. The van der Waals surface area contributed by atoms with Crippen LogP contribution in [0.2, 0.25) is 0 Å². The van der Waals surface area contributed by atoms with E-state index in [1.54, 1.807) is 7.05 Å². The maximum Gasteiger partial charge on any atom is 0.191 e. The number of guanidine groups is 1. The van der Waals surface area contributed by atoms with E-state index in [0.717, 1.165) is 6.07 Å². The molecule has 1 aromatic rings. The van der Waals surface area contributed by atoms with E-state index in [1.165, 1.54) is 12.1 Å². The Morgan fingerprint density at radius 1 is 1.15 bits per heavy atom. The molecule has 2 N–H and O–H groups in total. The summed E-state index contributed by atoms with van der Waals surface area (Å²) in [6, 6.07) is 3.55. The number of rotatable bonds is 3. The standard InChI is InChI=1S/C14H21F2N3.HI/c1-14(2,3)19-13(17-4)18-6-5-10-7-11(15)9-12(16)8-10;/h7-9H,5-6H2,1-4H3,(H2,17,18,19);1H. The van der Waals surface area contributed by atoms with Gasteiger partial charge in [-0.1, -0.05) is 0 Å². The Labute approximate surface area is 136 Å². The molecule has 1 aromatic carbocycles. The van der Waals surface area contributed by atoms with E-state index < -0.39 is 11.6 Å². The van der Waals surface area contributed by atoms with Crippen LogP contribution in [0.3, 0.4) is 0 Å². The van der Waals surface area contributed by atoms with Crippen LogP contribution in [-0.2, 0) is 6.42 Å². The SMILES string of the molecule is CN=C(NCCc1cc(F)cc(F)c1)NC(C)(C)C.I. The summed E-state index contributed by atoms with van der Waals surface area (Å²) in [5, 5.41) is 6.31. The van der Waals surface area contributed by atoms with E-state index >= 15 is 0 Å². The molecular weight excluding hydrogens is 375 g/mol. The minimum atomic E-state index is -0.549. The average Bonchev–Trinajstić information content (AvgIpc) is 2.24. The van der Waals surface area contributed by atoms with Crippen molar-refractivity contribution < 1.29 is 8.78 Å². The number of nitrogens with zero attached hydrogens (tertiary/aromatic N) is 1. The number of aliphatic imine (C=N–C) groups is 1. The van der Waals surface area contributed by atoms with Crippen LogP contribution in [0.1, 0.15) is 26.3 Å². The summed E-state index contributed by atoms with van der Waals surface area (Å²) in [5.74, 6) is -0.427. The van der Waals surface area contributed by atoms with Crippen LogP contribution >= 0.6 is 24.0 Å². The minimum Gasteiger partial charge on any atom is -0.356 e. The van der Waals surface area contributed by atoms with Crippen molar-refractivity contribution in [3.8, 4) is 0 Å². The lowest BCUT2D eigenvalue weighted by atomic mass is 10.1. The second-order valence-corrected chi connectivity index (χ2v) is 5.40. The molecular formula is C14H22F2IN3. The monoisotopic (exact) mass is 397 g/mol. The smallest absolute Gasteiger partial charge is 0.191 e. The lowest BCUT2D eigenvalue weighted by Gasteiger charge is -2.23. The molecule has 0 aliphatic heterocycles. The molecule has 0 spiro atoms. The minimum absolute atomic E-state index is 0. The highest BCUT2D eigenvalue weighted by molar-refractivity contribution is 14.0. The number of hydrogen-bond donors (Lipinski definition) is 2. The zero-order valence-corrected chi connectivity index (χ0v) is 14.6. The highest BCUT2D eigenvalue weighted by atomic mass is 127. The third-order valence-corrected chi connectivity index (χ3v) is 2.35. The molecule has 0 atom stereocenters. The van der Waals surface area contributed by atoms with Gasteiger partial charge < -0.3 is 10.6 Å². The lowest BCUT2D eigenvalue weighted by molar-refractivity contribution is 0.501. The van der Waals surface area contributed by atoms with Gasteiger partial charge in [-0.2, -0.15) is 0 Å². The van der Waals surface area contributed by atoms with E-state index in [2.05, 4.69) is 15.6 Å². The molecule has 3 nitrogen and oxygen atoms in total. The Balaban J connectivity index is 0.00000361. The van der Waals surface area contributed by atoms with Gasteiger partial charge in [-0.05, 0) is 44.9 Å². The molecule has 0 saturated carbocycles. The topological polar surface area (TPSA) is 36.4 Å². The fraction of sp³-hybridized carbons (Fsp3) is 0.500. The number of hydrogen-bond acceptors (Lipinski definition) is 1.